The summed E-state index contributed by atoms with van der Waals surface area (Å²) < 4.78 is 5.75. The summed E-state index contributed by atoms with van der Waals surface area (Å²) in [5.74, 6) is 0.622. The topological polar surface area (TPSA) is 70.6 Å². The molecule has 0 aliphatic heterocycles. The van der Waals surface area contributed by atoms with E-state index in [4.69, 9.17) is 4.74 Å². The van der Waals surface area contributed by atoms with Crippen LogP contribution in [-0.2, 0) is 17.8 Å². The number of aliphatic hydroxyl groups excluding tert-OH is 1. The van der Waals surface area contributed by atoms with E-state index < -0.39 is 6.04 Å². The maximum Gasteiger partial charge on any atom is 0.239 e. The normalized spacial score (nSPS) is 11.8. The highest BCUT2D eigenvalue weighted by atomic mass is 16.5. The Morgan fingerprint density at radius 1 is 1.08 bits per heavy atom. The van der Waals surface area contributed by atoms with E-state index in [-0.39, 0.29) is 12.5 Å². The first-order valence-electron chi connectivity index (χ1n) is 8.04. The molecule has 128 valence electrons. The van der Waals surface area contributed by atoms with Crippen molar-refractivity contribution in [2.24, 2.45) is 0 Å². The van der Waals surface area contributed by atoms with Gasteiger partial charge in [-0.05, 0) is 36.2 Å². The fourth-order valence-corrected chi connectivity index (χ4v) is 2.30. The smallest absolute Gasteiger partial charge is 0.239 e. The molecule has 2 aromatic carbocycles. The number of aliphatic hydroxyl groups is 1. The van der Waals surface area contributed by atoms with Crippen molar-refractivity contribution < 1.29 is 14.6 Å². The molecule has 0 radical (unpaired) electrons. The summed E-state index contributed by atoms with van der Waals surface area (Å²) in [5, 5.41) is 14.7. The molecule has 5 heteroatoms. The van der Waals surface area contributed by atoms with Crippen molar-refractivity contribution in [1.82, 2.24) is 10.6 Å². The minimum absolute atomic E-state index is 0.206. The quantitative estimate of drug-likeness (QED) is 0.652. The predicted octanol–water partition coefficient (Wildman–Crippen LogP) is 1.50. The number of ether oxygens (including phenoxy) is 1. The number of carbonyl (C=O) groups excluding carboxylic acids is 1. The minimum Gasteiger partial charge on any atom is -0.489 e. The second kappa shape index (κ2) is 9.70. The summed E-state index contributed by atoms with van der Waals surface area (Å²) in [6.07, 6.45) is 0.770. The van der Waals surface area contributed by atoms with Gasteiger partial charge in [-0.3, -0.25) is 4.79 Å². The average molecular weight is 328 g/mol. The van der Waals surface area contributed by atoms with E-state index in [0.717, 1.165) is 23.3 Å². The van der Waals surface area contributed by atoms with Crippen LogP contribution < -0.4 is 15.4 Å². The molecule has 1 amide bonds. The molecule has 0 fully saturated rings. The van der Waals surface area contributed by atoms with Gasteiger partial charge in [0.1, 0.15) is 18.4 Å². The van der Waals surface area contributed by atoms with Crippen LogP contribution in [0.2, 0.25) is 0 Å². The van der Waals surface area contributed by atoms with Crippen LogP contribution >= 0.6 is 0 Å². The number of likely N-dealkylation sites (N-methyl/N-ethyl adjacent to an activating group) is 1. The monoisotopic (exact) mass is 328 g/mol. The molecule has 0 unspecified atom stereocenters. The SMILES string of the molecule is CNC(=O)[C@H](CO)NCCc1ccc(OCc2ccccc2)cc1. The fraction of sp³-hybridized carbons (Fsp3) is 0.316. The minimum atomic E-state index is -0.566. The summed E-state index contributed by atoms with van der Waals surface area (Å²) in [4.78, 5) is 11.5. The molecule has 24 heavy (non-hydrogen) atoms. The molecular formula is C19H24N2O3. The molecule has 0 spiro atoms. The average Bonchev–Trinajstić information content (AvgIpc) is 2.65. The number of benzene rings is 2. The molecule has 2 rings (SSSR count). The number of hydrogen-bond acceptors (Lipinski definition) is 4. The maximum absolute atomic E-state index is 11.5. The Kier molecular flexibility index (Phi) is 7.26. The van der Waals surface area contributed by atoms with Crippen LogP contribution in [-0.4, -0.2) is 37.3 Å². The lowest BCUT2D eigenvalue weighted by molar-refractivity contribution is -0.123. The highest BCUT2D eigenvalue weighted by molar-refractivity contribution is 5.81. The van der Waals surface area contributed by atoms with Crippen LogP contribution in [0.25, 0.3) is 0 Å². The molecule has 0 saturated heterocycles. The van der Waals surface area contributed by atoms with Gasteiger partial charge in [0, 0.05) is 7.05 Å². The predicted molar refractivity (Wildman–Crippen MR) is 93.9 cm³/mol. The first-order chi connectivity index (χ1) is 11.7. The standard InChI is InChI=1S/C19H24N2O3/c1-20-19(23)18(13-22)21-12-11-15-7-9-17(10-8-15)24-14-16-5-3-2-4-6-16/h2-10,18,21-22H,11-14H2,1H3,(H,20,23)/t18-/m0/s1. The Balaban J connectivity index is 1.76. The van der Waals surface area contributed by atoms with Gasteiger partial charge in [-0.2, -0.15) is 0 Å². The van der Waals surface area contributed by atoms with Crippen LogP contribution in [0.15, 0.2) is 54.6 Å². The van der Waals surface area contributed by atoms with Crippen molar-refractivity contribution in [3.05, 3.63) is 65.7 Å². The Morgan fingerprint density at radius 3 is 2.42 bits per heavy atom. The van der Waals surface area contributed by atoms with Crippen molar-refractivity contribution in [3.8, 4) is 5.75 Å². The molecule has 0 bridgehead atoms. The second-order valence-corrected chi connectivity index (χ2v) is 5.47. The van der Waals surface area contributed by atoms with Gasteiger partial charge in [0.25, 0.3) is 0 Å². The number of carbonyl (C=O) groups is 1. The first kappa shape index (κ1) is 18.0. The van der Waals surface area contributed by atoms with Crippen LogP contribution in [0, 0.1) is 0 Å². The number of rotatable bonds is 9. The van der Waals surface area contributed by atoms with E-state index in [0.29, 0.717) is 13.2 Å². The van der Waals surface area contributed by atoms with Crippen LogP contribution in [0.4, 0.5) is 0 Å². The van der Waals surface area contributed by atoms with E-state index >= 15 is 0 Å². The van der Waals surface area contributed by atoms with Crippen molar-refractivity contribution in [3.63, 3.8) is 0 Å². The maximum atomic E-state index is 11.5. The molecule has 3 N–H and O–H groups in total. The molecule has 0 aliphatic rings. The fourth-order valence-electron chi connectivity index (χ4n) is 2.30. The summed E-state index contributed by atoms with van der Waals surface area (Å²) in [5.41, 5.74) is 2.28. The summed E-state index contributed by atoms with van der Waals surface area (Å²) >= 11 is 0. The highest BCUT2D eigenvalue weighted by Crippen LogP contribution is 2.14. The van der Waals surface area contributed by atoms with Crippen LogP contribution in [0.3, 0.4) is 0 Å². The zero-order chi connectivity index (χ0) is 17.2. The van der Waals surface area contributed by atoms with E-state index in [2.05, 4.69) is 10.6 Å². The van der Waals surface area contributed by atoms with Gasteiger partial charge in [-0.1, -0.05) is 42.5 Å². The molecule has 5 nitrogen and oxygen atoms in total. The van der Waals surface area contributed by atoms with Gasteiger partial charge in [0.2, 0.25) is 5.91 Å². The summed E-state index contributed by atoms with van der Waals surface area (Å²) in [7, 11) is 1.56. The number of nitrogens with one attached hydrogen (secondary N) is 2. The Bertz CT molecular complexity index is 614. The van der Waals surface area contributed by atoms with Crippen molar-refractivity contribution in [2.45, 2.75) is 19.1 Å². The third kappa shape index (κ3) is 5.68. The van der Waals surface area contributed by atoms with Crippen molar-refractivity contribution in [1.29, 1.82) is 0 Å². The third-order valence-electron chi connectivity index (χ3n) is 3.72. The molecule has 0 aliphatic carbocycles. The largest absolute Gasteiger partial charge is 0.489 e. The zero-order valence-corrected chi connectivity index (χ0v) is 13.9. The first-order valence-corrected chi connectivity index (χ1v) is 8.04. The Labute approximate surface area is 142 Å². The van der Waals surface area contributed by atoms with Crippen LogP contribution in [0.1, 0.15) is 11.1 Å². The van der Waals surface area contributed by atoms with Gasteiger partial charge in [-0.15, -0.1) is 0 Å². The summed E-state index contributed by atoms with van der Waals surface area (Å²) in [6, 6.07) is 17.4. The highest BCUT2D eigenvalue weighted by Gasteiger charge is 2.14. The van der Waals surface area contributed by atoms with Crippen molar-refractivity contribution in [2.75, 3.05) is 20.2 Å². The van der Waals surface area contributed by atoms with E-state index in [1.165, 1.54) is 0 Å². The lowest BCUT2D eigenvalue weighted by atomic mass is 10.1. The zero-order valence-electron chi connectivity index (χ0n) is 13.9. The summed E-state index contributed by atoms with van der Waals surface area (Å²) in [6.45, 7) is 0.945. The molecule has 0 aromatic heterocycles. The van der Waals surface area contributed by atoms with E-state index in [1.807, 2.05) is 54.6 Å². The van der Waals surface area contributed by atoms with Gasteiger partial charge >= 0.3 is 0 Å². The van der Waals surface area contributed by atoms with Crippen LogP contribution in [0.5, 0.6) is 5.75 Å². The lowest BCUT2D eigenvalue weighted by Gasteiger charge is -2.14. The van der Waals surface area contributed by atoms with Gasteiger partial charge in [0.05, 0.1) is 6.61 Å². The molecule has 0 heterocycles. The lowest BCUT2D eigenvalue weighted by Crippen LogP contribution is -2.46. The molecule has 1 atom stereocenters. The molecular weight excluding hydrogens is 304 g/mol. The number of hydrogen-bond donors (Lipinski definition) is 3. The van der Waals surface area contributed by atoms with Gasteiger partial charge < -0.3 is 20.5 Å². The van der Waals surface area contributed by atoms with E-state index in [9.17, 15) is 9.90 Å². The second-order valence-electron chi connectivity index (χ2n) is 5.47. The Morgan fingerprint density at radius 2 is 1.79 bits per heavy atom. The van der Waals surface area contributed by atoms with Gasteiger partial charge in [0.15, 0.2) is 0 Å². The molecule has 0 saturated carbocycles. The number of amides is 1. The molecule has 2 aromatic rings. The Hall–Kier alpha value is -2.37. The van der Waals surface area contributed by atoms with E-state index in [1.54, 1.807) is 7.05 Å². The van der Waals surface area contributed by atoms with Crippen molar-refractivity contribution >= 4 is 5.91 Å². The van der Waals surface area contributed by atoms with Gasteiger partial charge in [-0.25, -0.2) is 0 Å². The third-order valence-corrected chi connectivity index (χ3v) is 3.72.